The lowest BCUT2D eigenvalue weighted by molar-refractivity contribution is -0.118. The number of nitrogens with one attached hydrogen (secondary N) is 4. The fourth-order valence-electron chi connectivity index (χ4n) is 4.03. The molecule has 0 spiro atoms. The Kier molecular flexibility index (Phi) is 9.49. The maximum atomic E-state index is 12.5. The number of rotatable bonds is 9. The molecule has 14 heteroatoms. The average molecular weight is 595 g/mol. The van der Waals surface area contributed by atoms with Gasteiger partial charge in [-0.2, -0.15) is 0 Å². The highest BCUT2D eigenvalue weighted by atomic mass is 32.2. The molecule has 5 rings (SSSR count). The molecule has 2 aromatic heterocycles. The largest absolute Gasteiger partial charge is 0.482 e. The Hall–Kier alpha value is -4.82. The molecule has 42 heavy (non-hydrogen) atoms. The second-order valence-electron chi connectivity index (χ2n) is 9.29. The van der Waals surface area contributed by atoms with Gasteiger partial charge >= 0.3 is 5.97 Å². The Morgan fingerprint density at radius 2 is 1.88 bits per heavy atom. The van der Waals surface area contributed by atoms with E-state index in [1.807, 2.05) is 26.0 Å². The van der Waals surface area contributed by atoms with Crippen LogP contribution in [0.3, 0.4) is 0 Å². The highest BCUT2D eigenvalue weighted by Crippen LogP contribution is 2.28. The van der Waals surface area contributed by atoms with E-state index < -0.39 is 21.7 Å². The smallest absolute Gasteiger partial charge is 0.339 e. The number of nitrogens with zero attached hydrogens (tertiary/aromatic N) is 2. The summed E-state index contributed by atoms with van der Waals surface area (Å²) in [5.41, 5.74) is 2.78. The molecule has 0 saturated carbocycles. The number of carbonyl (C=O) groups is 3. The minimum Gasteiger partial charge on any atom is -0.482 e. The monoisotopic (exact) mass is 594 g/mol. The maximum absolute atomic E-state index is 12.5. The number of aromatic nitrogens is 3. The van der Waals surface area contributed by atoms with Gasteiger partial charge in [-0.1, -0.05) is 30.7 Å². The van der Waals surface area contributed by atoms with Crippen molar-refractivity contribution in [3.8, 4) is 5.75 Å². The van der Waals surface area contributed by atoms with Crippen LogP contribution in [-0.2, 0) is 21.2 Å². The van der Waals surface area contributed by atoms with Crippen molar-refractivity contribution in [3.63, 3.8) is 0 Å². The van der Waals surface area contributed by atoms with E-state index in [1.165, 1.54) is 6.20 Å². The van der Waals surface area contributed by atoms with Crippen LogP contribution < -0.4 is 20.7 Å². The van der Waals surface area contributed by atoms with Crippen molar-refractivity contribution < 1.29 is 32.6 Å². The van der Waals surface area contributed by atoms with E-state index >= 15 is 0 Å². The predicted molar refractivity (Wildman–Crippen MR) is 154 cm³/mol. The van der Waals surface area contributed by atoms with Gasteiger partial charge in [-0.05, 0) is 43.3 Å². The first-order valence-corrected chi connectivity index (χ1v) is 14.6. The highest BCUT2D eigenvalue weighted by Gasteiger charge is 2.20. The molecule has 3 heterocycles. The molecule has 0 atom stereocenters. The number of carbonyl (C=O) groups excluding carboxylic acids is 2. The first-order valence-electron chi connectivity index (χ1n) is 13.0. The van der Waals surface area contributed by atoms with Gasteiger partial charge in [0.15, 0.2) is 22.1 Å². The SMILES string of the molecule is CCNCCS(=O)(=O)c1ccc(C)cc1.O=C1COc2ccc(CNC(=O)c3ncnc4c(C(=O)O)c[nH]c34)cc2N1. The molecule has 5 N–H and O–H groups in total. The van der Waals surface area contributed by atoms with Crippen molar-refractivity contribution in [1.29, 1.82) is 0 Å². The number of carboxylic acids is 1. The number of ether oxygens (including phenoxy) is 1. The number of hydrogen-bond acceptors (Lipinski definition) is 9. The molecule has 2 amide bonds. The molecule has 2 aromatic carbocycles. The molecule has 0 fully saturated rings. The van der Waals surface area contributed by atoms with Crippen LogP contribution in [0.1, 0.15) is 38.9 Å². The number of aromatic carboxylic acids is 1. The number of aromatic amines is 1. The summed E-state index contributed by atoms with van der Waals surface area (Å²) in [7, 11) is -3.11. The number of aryl methyl sites for hydroxylation is 1. The molecule has 0 unspecified atom stereocenters. The zero-order valence-electron chi connectivity index (χ0n) is 22.9. The molecule has 1 aliphatic rings. The molecule has 0 radical (unpaired) electrons. The number of anilines is 1. The summed E-state index contributed by atoms with van der Waals surface area (Å²) >= 11 is 0. The standard InChI is InChI=1S/C17H13N5O5.C11H17NO2S/c23-12-6-27-11-2-1-8(3-10(11)22-12)4-19-16(24)15-14-13(20-7-21-15)9(5-18-14)17(25)26;1-3-12-8-9-15(13,14)11-6-4-10(2)5-7-11/h1-3,5,7,18H,4,6H2,(H,19,24)(H,22,23)(H,25,26);4-7,12H,3,8-9H2,1-2H3. The molecule has 0 aliphatic carbocycles. The summed E-state index contributed by atoms with van der Waals surface area (Å²) in [5, 5.41) is 17.6. The van der Waals surface area contributed by atoms with E-state index in [9.17, 15) is 22.8 Å². The van der Waals surface area contributed by atoms with Crippen molar-refractivity contribution in [2.45, 2.75) is 25.3 Å². The Morgan fingerprint density at radius 1 is 1.12 bits per heavy atom. The van der Waals surface area contributed by atoms with Gasteiger partial charge in [0.2, 0.25) is 0 Å². The van der Waals surface area contributed by atoms with Crippen LogP contribution in [0.2, 0.25) is 0 Å². The van der Waals surface area contributed by atoms with Crippen LogP contribution in [0.5, 0.6) is 5.75 Å². The maximum Gasteiger partial charge on any atom is 0.339 e. The zero-order valence-corrected chi connectivity index (χ0v) is 23.7. The van der Waals surface area contributed by atoms with Crippen molar-refractivity contribution >= 4 is 44.3 Å². The molecule has 1 aliphatic heterocycles. The number of H-pyrrole nitrogens is 1. The predicted octanol–water partition coefficient (Wildman–Crippen LogP) is 2.30. The van der Waals surface area contributed by atoms with Crippen LogP contribution in [0.25, 0.3) is 11.0 Å². The molecule has 0 bridgehead atoms. The summed E-state index contributed by atoms with van der Waals surface area (Å²) < 4.78 is 28.8. The average Bonchev–Trinajstić information content (AvgIpc) is 3.41. The Labute approximate surface area is 241 Å². The van der Waals surface area contributed by atoms with Crippen molar-refractivity contribution in [2.24, 2.45) is 0 Å². The number of benzene rings is 2. The summed E-state index contributed by atoms with van der Waals surface area (Å²) in [5.74, 6) is -1.16. The van der Waals surface area contributed by atoms with Gasteiger partial charge in [0.1, 0.15) is 23.2 Å². The lowest BCUT2D eigenvalue weighted by atomic mass is 10.1. The Morgan fingerprint density at radius 3 is 2.60 bits per heavy atom. The quantitative estimate of drug-likeness (QED) is 0.180. The molecule has 13 nitrogen and oxygen atoms in total. The van der Waals surface area contributed by atoms with E-state index in [2.05, 4.69) is 30.9 Å². The van der Waals surface area contributed by atoms with Gasteiger partial charge in [-0.15, -0.1) is 0 Å². The number of fused-ring (bicyclic) bond motifs is 2. The lowest BCUT2D eigenvalue weighted by Crippen LogP contribution is -2.26. The lowest BCUT2D eigenvalue weighted by Gasteiger charge is -2.18. The highest BCUT2D eigenvalue weighted by molar-refractivity contribution is 7.91. The van der Waals surface area contributed by atoms with Gasteiger partial charge in [-0.3, -0.25) is 9.59 Å². The fraction of sp³-hybridized carbons (Fsp3) is 0.250. The van der Waals surface area contributed by atoms with Crippen molar-refractivity contribution in [2.75, 3.05) is 30.8 Å². The third kappa shape index (κ3) is 7.27. The van der Waals surface area contributed by atoms with Crippen molar-refractivity contribution in [3.05, 3.63) is 77.4 Å². The van der Waals surface area contributed by atoms with Crippen LogP contribution in [0.4, 0.5) is 5.69 Å². The van der Waals surface area contributed by atoms with Gasteiger partial charge < -0.3 is 30.8 Å². The van der Waals surface area contributed by atoms with Crippen LogP contribution >= 0.6 is 0 Å². The number of carboxylic acid groups (broad SMARTS) is 1. The van der Waals surface area contributed by atoms with E-state index in [1.54, 1.807) is 30.3 Å². The first kappa shape index (κ1) is 30.1. The van der Waals surface area contributed by atoms with Crippen LogP contribution in [-0.4, -0.2) is 71.7 Å². The molecule has 4 aromatic rings. The first-order chi connectivity index (χ1) is 20.1. The molecular weight excluding hydrogens is 564 g/mol. The van der Waals surface area contributed by atoms with Gasteiger partial charge in [-0.25, -0.2) is 23.2 Å². The third-order valence-electron chi connectivity index (χ3n) is 6.22. The second-order valence-corrected chi connectivity index (χ2v) is 11.4. The summed E-state index contributed by atoms with van der Waals surface area (Å²) in [6, 6.07) is 12.2. The Balaban J connectivity index is 0.000000230. The molecular formula is C28H30N6O7S. The third-order valence-corrected chi connectivity index (χ3v) is 7.95. The molecule has 0 saturated heterocycles. The fourth-order valence-corrected chi connectivity index (χ4v) is 5.23. The minimum absolute atomic E-state index is 0.0265. The Bertz CT molecular complexity index is 1720. The van der Waals surface area contributed by atoms with E-state index in [0.29, 0.717) is 22.9 Å². The van der Waals surface area contributed by atoms with E-state index in [0.717, 1.165) is 24.0 Å². The minimum atomic E-state index is -3.11. The zero-order chi connectivity index (χ0) is 30.3. The summed E-state index contributed by atoms with van der Waals surface area (Å²) in [6.45, 7) is 5.35. The normalized spacial score (nSPS) is 12.4. The van der Waals surface area contributed by atoms with Crippen LogP contribution in [0.15, 0.2) is 59.9 Å². The van der Waals surface area contributed by atoms with Gasteiger partial charge in [0.05, 0.1) is 21.9 Å². The topological polar surface area (TPSA) is 192 Å². The summed E-state index contributed by atoms with van der Waals surface area (Å²) in [4.78, 5) is 46.1. The second kappa shape index (κ2) is 13.2. The van der Waals surface area contributed by atoms with E-state index in [-0.39, 0.29) is 47.1 Å². The van der Waals surface area contributed by atoms with E-state index in [4.69, 9.17) is 9.84 Å². The number of hydrogen-bond donors (Lipinski definition) is 5. The summed E-state index contributed by atoms with van der Waals surface area (Å²) in [6.07, 6.45) is 2.41. The number of amides is 2. The number of sulfone groups is 1. The van der Waals surface area contributed by atoms with Gasteiger partial charge in [0.25, 0.3) is 11.8 Å². The molecule has 220 valence electrons. The van der Waals surface area contributed by atoms with Crippen LogP contribution in [0, 0.1) is 6.92 Å². The van der Waals surface area contributed by atoms with Crippen molar-refractivity contribution in [1.82, 2.24) is 25.6 Å². The van der Waals surface area contributed by atoms with Gasteiger partial charge in [0, 0.05) is 19.3 Å².